The first-order chi connectivity index (χ1) is 28.8. The summed E-state index contributed by atoms with van der Waals surface area (Å²) in [4.78, 5) is 2.35. The molecule has 0 bridgehead atoms. The van der Waals surface area contributed by atoms with Gasteiger partial charge in [-0.3, -0.25) is 0 Å². The molecule has 0 aliphatic rings. The van der Waals surface area contributed by atoms with Crippen LogP contribution >= 0.6 is 11.3 Å². The first-order valence-electron chi connectivity index (χ1n) is 19.8. The molecule has 0 saturated heterocycles. The van der Waals surface area contributed by atoms with E-state index in [1.54, 1.807) is 0 Å². The third-order valence-corrected chi connectivity index (χ3v) is 12.9. The van der Waals surface area contributed by atoms with Crippen molar-refractivity contribution in [2.45, 2.75) is 0 Å². The zero-order valence-electron chi connectivity index (χ0n) is 31.5. The highest BCUT2D eigenvalue weighted by atomic mass is 32.1. The molecule has 0 radical (unpaired) electrons. The summed E-state index contributed by atoms with van der Waals surface area (Å²) in [6.45, 7) is 0. The lowest BCUT2D eigenvalue weighted by Crippen LogP contribution is -2.09. The SMILES string of the molecule is c1ccc(N(c2ccccc2)c2ccc3c(c2)c2ccc4c(c5ccccc5n4-c4ccc(-c5cccc6c5sc5ccccc56)cc4)c2n3-c2ccccc2)cc1. The molecule has 3 heterocycles. The smallest absolute Gasteiger partial charge is 0.0641 e. The van der Waals surface area contributed by atoms with E-state index in [2.05, 4.69) is 226 Å². The molecule has 0 N–H and O–H groups in total. The van der Waals surface area contributed by atoms with Gasteiger partial charge in [-0.1, -0.05) is 127 Å². The fraction of sp³-hybridized carbons (Fsp3) is 0. The van der Waals surface area contributed by atoms with Crippen molar-refractivity contribution in [1.82, 2.24) is 9.13 Å². The Kier molecular flexibility index (Phi) is 7.40. The number of para-hydroxylation sites is 4. The molecule has 12 aromatic rings. The predicted octanol–water partition coefficient (Wildman–Crippen LogP) is 15.4. The predicted molar refractivity (Wildman–Crippen MR) is 248 cm³/mol. The van der Waals surface area contributed by atoms with Gasteiger partial charge in [0, 0.05) is 70.2 Å². The van der Waals surface area contributed by atoms with E-state index in [9.17, 15) is 0 Å². The van der Waals surface area contributed by atoms with Gasteiger partial charge >= 0.3 is 0 Å². The summed E-state index contributed by atoms with van der Waals surface area (Å²) in [5.41, 5.74) is 12.9. The van der Waals surface area contributed by atoms with Crippen LogP contribution in [0.2, 0.25) is 0 Å². The van der Waals surface area contributed by atoms with E-state index in [1.165, 1.54) is 74.9 Å². The molecule has 0 amide bonds. The molecule has 0 spiro atoms. The van der Waals surface area contributed by atoms with Crippen LogP contribution in [0.25, 0.3) is 86.3 Å². The molecule has 0 saturated carbocycles. The number of fused-ring (bicyclic) bond motifs is 10. The van der Waals surface area contributed by atoms with Crippen molar-refractivity contribution in [3.63, 3.8) is 0 Å². The molecule has 0 aliphatic heterocycles. The van der Waals surface area contributed by atoms with Crippen molar-refractivity contribution in [2.75, 3.05) is 4.90 Å². The van der Waals surface area contributed by atoms with E-state index in [1.807, 2.05) is 11.3 Å². The molecule has 9 aromatic carbocycles. The highest BCUT2D eigenvalue weighted by Crippen LogP contribution is 2.45. The maximum Gasteiger partial charge on any atom is 0.0641 e. The summed E-state index contributed by atoms with van der Waals surface area (Å²) in [6, 6.07) is 77.2. The summed E-state index contributed by atoms with van der Waals surface area (Å²) in [6.07, 6.45) is 0. The molecule has 58 heavy (non-hydrogen) atoms. The Labute approximate surface area is 339 Å². The lowest BCUT2D eigenvalue weighted by Gasteiger charge is -2.25. The van der Waals surface area contributed by atoms with Crippen LogP contribution in [0.3, 0.4) is 0 Å². The number of aromatic nitrogens is 2. The first kappa shape index (κ1) is 32.8. The monoisotopic (exact) mass is 757 g/mol. The number of thiophene rings is 1. The van der Waals surface area contributed by atoms with Crippen molar-refractivity contribution >= 4 is 92.2 Å². The zero-order chi connectivity index (χ0) is 38.2. The second-order valence-corrected chi connectivity index (χ2v) is 16.0. The van der Waals surface area contributed by atoms with Gasteiger partial charge in [-0.15, -0.1) is 11.3 Å². The van der Waals surface area contributed by atoms with Gasteiger partial charge in [0.25, 0.3) is 0 Å². The summed E-state index contributed by atoms with van der Waals surface area (Å²) < 4.78 is 7.58. The van der Waals surface area contributed by atoms with Crippen LogP contribution in [0, 0.1) is 0 Å². The molecule has 0 fully saturated rings. The number of nitrogens with zero attached hydrogens (tertiary/aromatic N) is 3. The first-order valence-corrected chi connectivity index (χ1v) is 20.6. The lowest BCUT2D eigenvalue weighted by atomic mass is 10.0. The standard InChI is InChI=1S/C54H35N3S/c1-4-15-37(16-5-1)55(38-17-6-2-7-18-38)41-31-33-49-47(35-41)44-32-34-50-52(53(44)57(49)39-19-8-3-9-20-39)46-22-10-12-25-48(46)56(50)40-29-27-36(28-30-40)42-23-14-24-45-43-21-11-13-26-51(43)58-54(42)45/h1-35H. The largest absolute Gasteiger partial charge is 0.310 e. The van der Waals surface area contributed by atoms with E-state index < -0.39 is 0 Å². The van der Waals surface area contributed by atoms with Crippen LogP contribution in [0.1, 0.15) is 0 Å². The Balaban J connectivity index is 1.09. The normalized spacial score (nSPS) is 11.8. The van der Waals surface area contributed by atoms with Crippen LogP contribution in [0.15, 0.2) is 212 Å². The maximum absolute atomic E-state index is 2.47. The summed E-state index contributed by atoms with van der Waals surface area (Å²) in [5.74, 6) is 0. The Bertz CT molecular complexity index is 3450. The number of anilines is 3. The number of benzene rings is 9. The van der Waals surface area contributed by atoms with E-state index >= 15 is 0 Å². The third-order valence-electron chi connectivity index (χ3n) is 11.7. The van der Waals surface area contributed by atoms with Crippen LogP contribution < -0.4 is 4.90 Å². The van der Waals surface area contributed by atoms with Crippen LogP contribution in [-0.4, -0.2) is 9.13 Å². The summed E-state index contributed by atoms with van der Waals surface area (Å²) >= 11 is 1.88. The molecule has 4 heteroatoms. The molecule has 3 aromatic heterocycles. The van der Waals surface area contributed by atoms with Crippen molar-refractivity contribution < 1.29 is 0 Å². The summed E-state index contributed by atoms with van der Waals surface area (Å²) in [5, 5.41) is 7.57. The van der Waals surface area contributed by atoms with Crippen LogP contribution in [-0.2, 0) is 0 Å². The Morgan fingerprint density at radius 2 is 0.966 bits per heavy atom. The van der Waals surface area contributed by atoms with E-state index in [0.717, 1.165) is 28.4 Å². The average Bonchev–Trinajstić information content (AvgIpc) is 3.95. The molecule has 12 rings (SSSR count). The summed E-state index contributed by atoms with van der Waals surface area (Å²) in [7, 11) is 0. The maximum atomic E-state index is 2.47. The number of hydrogen-bond donors (Lipinski definition) is 0. The van der Waals surface area contributed by atoms with Gasteiger partial charge in [0.2, 0.25) is 0 Å². The van der Waals surface area contributed by atoms with Crippen LogP contribution in [0.5, 0.6) is 0 Å². The topological polar surface area (TPSA) is 13.1 Å². The van der Waals surface area contributed by atoms with E-state index in [-0.39, 0.29) is 0 Å². The molecule has 272 valence electrons. The molecule has 0 unspecified atom stereocenters. The Morgan fingerprint density at radius 3 is 1.72 bits per heavy atom. The van der Waals surface area contributed by atoms with Gasteiger partial charge in [-0.25, -0.2) is 0 Å². The molecule has 0 atom stereocenters. The van der Waals surface area contributed by atoms with Gasteiger partial charge in [0.15, 0.2) is 0 Å². The minimum absolute atomic E-state index is 1.12. The van der Waals surface area contributed by atoms with Gasteiger partial charge < -0.3 is 14.0 Å². The van der Waals surface area contributed by atoms with Gasteiger partial charge in [-0.2, -0.15) is 0 Å². The van der Waals surface area contributed by atoms with Gasteiger partial charge in [0.1, 0.15) is 0 Å². The second kappa shape index (κ2) is 13.1. The molecular formula is C54H35N3S. The van der Waals surface area contributed by atoms with E-state index in [4.69, 9.17) is 0 Å². The lowest BCUT2D eigenvalue weighted by molar-refractivity contribution is 1.17. The Morgan fingerprint density at radius 1 is 0.362 bits per heavy atom. The number of rotatable bonds is 6. The molecule has 0 aliphatic carbocycles. The highest BCUT2D eigenvalue weighted by molar-refractivity contribution is 7.26. The van der Waals surface area contributed by atoms with Crippen molar-refractivity contribution in [1.29, 1.82) is 0 Å². The van der Waals surface area contributed by atoms with Gasteiger partial charge in [-0.05, 0) is 96.1 Å². The average molecular weight is 758 g/mol. The fourth-order valence-electron chi connectivity index (χ4n) is 9.18. The Hall–Kier alpha value is -7.40. The third kappa shape index (κ3) is 4.99. The van der Waals surface area contributed by atoms with E-state index in [0.29, 0.717) is 0 Å². The van der Waals surface area contributed by atoms with Gasteiger partial charge in [0.05, 0.1) is 22.1 Å². The quantitative estimate of drug-likeness (QED) is 0.165. The zero-order valence-corrected chi connectivity index (χ0v) is 32.3. The van der Waals surface area contributed by atoms with Crippen LogP contribution in [0.4, 0.5) is 17.1 Å². The van der Waals surface area contributed by atoms with Crippen molar-refractivity contribution in [3.05, 3.63) is 212 Å². The second-order valence-electron chi connectivity index (χ2n) is 14.9. The minimum Gasteiger partial charge on any atom is -0.310 e. The highest BCUT2D eigenvalue weighted by Gasteiger charge is 2.22. The number of hydrogen-bond acceptors (Lipinski definition) is 2. The molecule has 3 nitrogen and oxygen atoms in total. The van der Waals surface area contributed by atoms with Crippen molar-refractivity contribution in [3.8, 4) is 22.5 Å². The minimum atomic E-state index is 1.12. The van der Waals surface area contributed by atoms with Crippen molar-refractivity contribution in [2.24, 2.45) is 0 Å². The molecular weight excluding hydrogens is 723 g/mol. The fourth-order valence-corrected chi connectivity index (χ4v) is 10.4.